The predicted molar refractivity (Wildman–Crippen MR) is 104 cm³/mol. The van der Waals surface area contributed by atoms with Crippen molar-refractivity contribution in [1.82, 2.24) is 9.97 Å². The summed E-state index contributed by atoms with van der Waals surface area (Å²) in [6, 6.07) is 19.3. The third-order valence-electron chi connectivity index (χ3n) is 3.81. The van der Waals surface area contributed by atoms with Gasteiger partial charge in [0.1, 0.15) is 11.6 Å². The number of nitrogens with zero attached hydrogens (tertiary/aromatic N) is 2. The molecule has 6 heteroatoms. The maximum atomic E-state index is 9.31. The molecular weight excluding hydrogens is 328 g/mol. The third kappa shape index (κ3) is 4.29. The van der Waals surface area contributed by atoms with Gasteiger partial charge in [-0.15, -0.1) is 0 Å². The third-order valence-corrected chi connectivity index (χ3v) is 3.81. The molecule has 0 aliphatic rings. The van der Waals surface area contributed by atoms with Crippen LogP contribution in [0.15, 0.2) is 60.7 Å². The summed E-state index contributed by atoms with van der Waals surface area (Å²) in [6.45, 7) is 1.86. The molecule has 0 amide bonds. The quantitative estimate of drug-likeness (QED) is 0.603. The van der Waals surface area contributed by atoms with E-state index in [-0.39, 0.29) is 12.6 Å². The normalized spacial score (nSPS) is 11.7. The second-order valence-corrected chi connectivity index (χ2v) is 5.88. The van der Waals surface area contributed by atoms with Crippen LogP contribution in [0, 0.1) is 0 Å². The Bertz CT molecular complexity index is 855. The number of methoxy groups -OCH3 is 1. The van der Waals surface area contributed by atoms with Crippen molar-refractivity contribution in [3.63, 3.8) is 0 Å². The van der Waals surface area contributed by atoms with Gasteiger partial charge in [0.25, 0.3) is 0 Å². The SMILES string of the molecule is COc1ccccc1Nc1cc(-c2ccccc2)nc(N[C@@H](C)CO)n1. The van der Waals surface area contributed by atoms with Gasteiger partial charge in [0.2, 0.25) is 5.95 Å². The van der Waals surface area contributed by atoms with Gasteiger partial charge in [0.15, 0.2) is 0 Å². The van der Waals surface area contributed by atoms with Gasteiger partial charge >= 0.3 is 0 Å². The molecule has 0 aliphatic carbocycles. The molecule has 0 fully saturated rings. The largest absolute Gasteiger partial charge is 0.495 e. The lowest BCUT2D eigenvalue weighted by Crippen LogP contribution is -2.21. The molecule has 0 saturated heterocycles. The first-order valence-electron chi connectivity index (χ1n) is 8.41. The average Bonchev–Trinajstić information content (AvgIpc) is 2.69. The van der Waals surface area contributed by atoms with Gasteiger partial charge in [-0.1, -0.05) is 42.5 Å². The highest BCUT2D eigenvalue weighted by Crippen LogP contribution is 2.28. The molecule has 3 N–H and O–H groups in total. The molecule has 0 spiro atoms. The zero-order valence-corrected chi connectivity index (χ0v) is 14.8. The molecule has 0 unspecified atom stereocenters. The van der Waals surface area contributed by atoms with E-state index in [1.807, 2.05) is 67.6 Å². The van der Waals surface area contributed by atoms with Crippen LogP contribution in [-0.4, -0.2) is 34.8 Å². The van der Waals surface area contributed by atoms with Crippen molar-refractivity contribution in [3.05, 3.63) is 60.7 Å². The van der Waals surface area contributed by atoms with Gasteiger partial charge in [-0.25, -0.2) is 4.98 Å². The Morgan fingerprint density at radius 3 is 2.50 bits per heavy atom. The smallest absolute Gasteiger partial charge is 0.225 e. The fourth-order valence-electron chi connectivity index (χ4n) is 2.48. The minimum Gasteiger partial charge on any atom is -0.495 e. The molecular formula is C20H22N4O2. The lowest BCUT2D eigenvalue weighted by molar-refractivity contribution is 0.281. The van der Waals surface area contributed by atoms with Gasteiger partial charge in [-0.3, -0.25) is 0 Å². The van der Waals surface area contributed by atoms with Crippen molar-refractivity contribution in [3.8, 4) is 17.0 Å². The van der Waals surface area contributed by atoms with E-state index in [9.17, 15) is 5.11 Å². The molecule has 6 nitrogen and oxygen atoms in total. The Hall–Kier alpha value is -3.12. The van der Waals surface area contributed by atoms with Gasteiger partial charge in [0, 0.05) is 17.7 Å². The van der Waals surface area contributed by atoms with Crippen LogP contribution in [0.4, 0.5) is 17.5 Å². The summed E-state index contributed by atoms with van der Waals surface area (Å²) in [5, 5.41) is 15.7. The second-order valence-electron chi connectivity index (χ2n) is 5.88. The van der Waals surface area contributed by atoms with Crippen molar-refractivity contribution in [2.45, 2.75) is 13.0 Å². The summed E-state index contributed by atoms with van der Waals surface area (Å²) in [5.41, 5.74) is 2.58. The number of ether oxygens (including phenoxy) is 1. The number of hydrogen-bond donors (Lipinski definition) is 3. The first-order valence-corrected chi connectivity index (χ1v) is 8.41. The number of rotatable bonds is 7. The predicted octanol–water partition coefficient (Wildman–Crippen LogP) is 3.69. The van der Waals surface area contributed by atoms with E-state index >= 15 is 0 Å². The minimum atomic E-state index is -0.153. The molecule has 1 heterocycles. The van der Waals surface area contributed by atoms with Crippen LogP contribution in [0.3, 0.4) is 0 Å². The van der Waals surface area contributed by atoms with E-state index in [0.717, 1.165) is 22.7 Å². The fourth-order valence-corrected chi connectivity index (χ4v) is 2.48. The van der Waals surface area contributed by atoms with Crippen molar-refractivity contribution >= 4 is 17.5 Å². The number of hydrogen-bond acceptors (Lipinski definition) is 6. The monoisotopic (exact) mass is 350 g/mol. The van der Waals surface area contributed by atoms with Crippen molar-refractivity contribution < 1.29 is 9.84 Å². The summed E-state index contributed by atoms with van der Waals surface area (Å²) in [7, 11) is 1.63. The van der Waals surface area contributed by atoms with Crippen molar-refractivity contribution in [1.29, 1.82) is 0 Å². The van der Waals surface area contributed by atoms with Gasteiger partial charge in [-0.05, 0) is 19.1 Å². The minimum absolute atomic E-state index is 0.00576. The number of benzene rings is 2. The lowest BCUT2D eigenvalue weighted by Gasteiger charge is -2.15. The number of nitrogens with one attached hydrogen (secondary N) is 2. The summed E-state index contributed by atoms with van der Waals surface area (Å²) in [5.74, 6) is 1.81. The highest BCUT2D eigenvalue weighted by Gasteiger charge is 2.10. The van der Waals surface area contributed by atoms with Crippen LogP contribution in [0.1, 0.15) is 6.92 Å². The van der Waals surface area contributed by atoms with E-state index in [1.165, 1.54) is 0 Å². The van der Waals surface area contributed by atoms with Crippen molar-refractivity contribution in [2.75, 3.05) is 24.4 Å². The Morgan fingerprint density at radius 1 is 1.04 bits per heavy atom. The molecule has 0 saturated carbocycles. The summed E-state index contributed by atoms with van der Waals surface area (Å²) in [4.78, 5) is 9.09. The number of para-hydroxylation sites is 2. The highest BCUT2D eigenvalue weighted by atomic mass is 16.5. The molecule has 0 aliphatic heterocycles. The van der Waals surface area contributed by atoms with Crippen LogP contribution in [0.25, 0.3) is 11.3 Å². The Morgan fingerprint density at radius 2 is 1.77 bits per heavy atom. The molecule has 3 rings (SSSR count). The average molecular weight is 350 g/mol. The van der Waals surface area contributed by atoms with Crippen LogP contribution in [-0.2, 0) is 0 Å². The zero-order chi connectivity index (χ0) is 18.4. The Balaban J connectivity index is 1.99. The highest BCUT2D eigenvalue weighted by molar-refractivity contribution is 5.69. The summed E-state index contributed by atoms with van der Waals surface area (Å²) in [6.07, 6.45) is 0. The second kappa shape index (κ2) is 8.31. The Kier molecular flexibility index (Phi) is 5.66. The molecule has 0 bridgehead atoms. The first kappa shape index (κ1) is 17.7. The summed E-state index contributed by atoms with van der Waals surface area (Å²) < 4.78 is 5.39. The Labute approximate surface area is 152 Å². The number of aliphatic hydroxyl groups is 1. The lowest BCUT2D eigenvalue weighted by atomic mass is 10.1. The standard InChI is InChI=1S/C20H22N4O2/c1-14(13-25)21-20-23-17(15-8-4-3-5-9-15)12-19(24-20)22-16-10-6-7-11-18(16)26-2/h3-12,14,25H,13H2,1-2H3,(H2,21,22,23,24)/t14-/m0/s1. The maximum absolute atomic E-state index is 9.31. The molecule has 1 aromatic heterocycles. The van der Waals surface area contributed by atoms with Gasteiger partial charge in [-0.2, -0.15) is 4.98 Å². The van der Waals surface area contributed by atoms with Crippen LogP contribution >= 0.6 is 0 Å². The topological polar surface area (TPSA) is 79.3 Å². The molecule has 134 valence electrons. The first-order chi connectivity index (χ1) is 12.7. The van der Waals surface area contributed by atoms with E-state index in [0.29, 0.717) is 11.8 Å². The van der Waals surface area contributed by atoms with Crippen LogP contribution in [0.5, 0.6) is 5.75 Å². The molecule has 3 aromatic rings. The molecule has 26 heavy (non-hydrogen) atoms. The van der Waals surface area contributed by atoms with Crippen LogP contribution in [0.2, 0.25) is 0 Å². The number of aromatic nitrogens is 2. The zero-order valence-electron chi connectivity index (χ0n) is 14.8. The van der Waals surface area contributed by atoms with Crippen molar-refractivity contribution in [2.24, 2.45) is 0 Å². The summed E-state index contributed by atoms with van der Waals surface area (Å²) >= 11 is 0. The van der Waals surface area contributed by atoms with E-state index in [2.05, 4.69) is 20.6 Å². The van der Waals surface area contributed by atoms with Crippen LogP contribution < -0.4 is 15.4 Å². The molecule has 1 atom stereocenters. The molecule has 2 aromatic carbocycles. The van der Waals surface area contributed by atoms with Gasteiger partial charge in [0.05, 0.1) is 25.1 Å². The fraction of sp³-hybridized carbons (Fsp3) is 0.200. The van der Waals surface area contributed by atoms with E-state index < -0.39 is 0 Å². The number of anilines is 3. The van der Waals surface area contributed by atoms with E-state index in [4.69, 9.17) is 4.74 Å². The van der Waals surface area contributed by atoms with E-state index in [1.54, 1.807) is 7.11 Å². The molecule has 0 radical (unpaired) electrons. The maximum Gasteiger partial charge on any atom is 0.225 e. The number of aliphatic hydroxyl groups excluding tert-OH is 1. The van der Waals surface area contributed by atoms with Gasteiger partial charge < -0.3 is 20.5 Å².